The van der Waals surface area contributed by atoms with E-state index in [0.29, 0.717) is 12.5 Å². The van der Waals surface area contributed by atoms with Crippen LogP contribution in [0, 0.1) is 5.92 Å². The molecule has 0 aliphatic carbocycles. The van der Waals surface area contributed by atoms with Crippen LogP contribution in [0.25, 0.3) is 0 Å². The fourth-order valence-corrected chi connectivity index (χ4v) is 1.76. The lowest BCUT2D eigenvalue weighted by Crippen LogP contribution is -2.04. The average Bonchev–Trinajstić information content (AvgIpc) is 2.53. The number of aliphatic hydroxyl groups is 1. The van der Waals surface area contributed by atoms with Crippen molar-refractivity contribution in [3.8, 4) is 0 Å². The quantitative estimate of drug-likeness (QED) is 0.745. The van der Waals surface area contributed by atoms with Crippen LogP contribution in [0.3, 0.4) is 0 Å². The number of aliphatic hydroxyl groups excluding tert-OH is 1. The van der Waals surface area contributed by atoms with Gasteiger partial charge in [-0.05, 0) is 17.9 Å². The van der Waals surface area contributed by atoms with Crippen molar-refractivity contribution < 1.29 is 9.84 Å². The van der Waals surface area contributed by atoms with Gasteiger partial charge >= 0.3 is 0 Å². The first kappa shape index (κ1) is 8.73. The minimum Gasteiger partial charge on any atom is -0.368 e. The van der Waals surface area contributed by atoms with Crippen LogP contribution in [0.1, 0.15) is 12.0 Å². The third-order valence-electron chi connectivity index (χ3n) is 2.43. The van der Waals surface area contributed by atoms with E-state index in [-0.39, 0.29) is 0 Å². The maximum Gasteiger partial charge on any atom is 0.154 e. The maximum atomic E-state index is 9.16. The molecule has 0 spiro atoms. The fourth-order valence-electron chi connectivity index (χ4n) is 1.76. The highest BCUT2D eigenvalue weighted by Gasteiger charge is 2.23. The second-order valence-electron chi connectivity index (χ2n) is 3.58. The van der Waals surface area contributed by atoms with Crippen molar-refractivity contribution >= 4 is 0 Å². The molecule has 1 saturated heterocycles. The summed E-state index contributed by atoms with van der Waals surface area (Å²) in [5.74, 6) is 0.484. The molecule has 0 amide bonds. The van der Waals surface area contributed by atoms with E-state index >= 15 is 0 Å². The van der Waals surface area contributed by atoms with Crippen molar-refractivity contribution in [1.82, 2.24) is 0 Å². The summed E-state index contributed by atoms with van der Waals surface area (Å²) in [4.78, 5) is 0. The van der Waals surface area contributed by atoms with Crippen LogP contribution < -0.4 is 0 Å². The molecule has 1 fully saturated rings. The number of ether oxygens (including phenoxy) is 1. The van der Waals surface area contributed by atoms with Crippen LogP contribution >= 0.6 is 0 Å². The van der Waals surface area contributed by atoms with Crippen LogP contribution in [-0.2, 0) is 11.2 Å². The minimum absolute atomic E-state index is 0.484. The van der Waals surface area contributed by atoms with Gasteiger partial charge in [-0.25, -0.2) is 0 Å². The van der Waals surface area contributed by atoms with Crippen molar-refractivity contribution in [2.24, 2.45) is 5.92 Å². The van der Waals surface area contributed by atoms with Crippen LogP contribution in [0.5, 0.6) is 0 Å². The number of rotatable bonds is 2. The SMILES string of the molecule is OC1C[C@@H](Cc2ccccc2)CO1. The lowest BCUT2D eigenvalue weighted by Gasteiger charge is -2.06. The van der Waals surface area contributed by atoms with Crippen LogP contribution in [0.15, 0.2) is 30.3 Å². The molecule has 0 bridgehead atoms. The third-order valence-corrected chi connectivity index (χ3v) is 2.43. The Morgan fingerprint density at radius 3 is 2.69 bits per heavy atom. The van der Waals surface area contributed by atoms with Crippen molar-refractivity contribution in [1.29, 1.82) is 0 Å². The molecule has 2 rings (SSSR count). The first-order chi connectivity index (χ1) is 6.34. The molecule has 1 heterocycles. The molecule has 70 valence electrons. The van der Waals surface area contributed by atoms with Crippen LogP contribution in [0.4, 0.5) is 0 Å². The molecule has 13 heavy (non-hydrogen) atoms. The molecule has 2 atom stereocenters. The molecular weight excluding hydrogens is 164 g/mol. The first-order valence-corrected chi connectivity index (χ1v) is 4.68. The molecule has 1 N–H and O–H groups in total. The Morgan fingerprint density at radius 1 is 1.31 bits per heavy atom. The molecule has 1 unspecified atom stereocenters. The van der Waals surface area contributed by atoms with Gasteiger partial charge in [-0.3, -0.25) is 0 Å². The standard InChI is InChI=1S/C11H14O2/c12-11-7-10(8-13-11)6-9-4-2-1-3-5-9/h1-5,10-12H,6-8H2/t10-,11?/m1/s1. The van der Waals surface area contributed by atoms with Gasteiger partial charge in [0, 0.05) is 6.42 Å². The van der Waals surface area contributed by atoms with E-state index < -0.39 is 6.29 Å². The number of hydrogen-bond donors (Lipinski definition) is 1. The summed E-state index contributed by atoms with van der Waals surface area (Å²) in [5.41, 5.74) is 1.32. The Kier molecular flexibility index (Phi) is 2.62. The smallest absolute Gasteiger partial charge is 0.154 e. The zero-order chi connectivity index (χ0) is 9.10. The molecule has 1 aliphatic rings. The second kappa shape index (κ2) is 3.90. The second-order valence-corrected chi connectivity index (χ2v) is 3.58. The summed E-state index contributed by atoms with van der Waals surface area (Å²) in [6.07, 6.45) is 1.25. The van der Waals surface area contributed by atoms with Crippen LogP contribution in [-0.4, -0.2) is 18.0 Å². The lowest BCUT2D eigenvalue weighted by molar-refractivity contribution is -0.0591. The van der Waals surface area contributed by atoms with Crippen molar-refractivity contribution in [3.63, 3.8) is 0 Å². The average molecular weight is 178 g/mol. The zero-order valence-corrected chi connectivity index (χ0v) is 7.52. The Hall–Kier alpha value is -0.860. The Labute approximate surface area is 78.2 Å². The summed E-state index contributed by atoms with van der Waals surface area (Å²) >= 11 is 0. The van der Waals surface area contributed by atoms with Gasteiger partial charge in [-0.1, -0.05) is 30.3 Å². The van der Waals surface area contributed by atoms with E-state index in [9.17, 15) is 0 Å². The lowest BCUT2D eigenvalue weighted by atomic mass is 9.99. The van der Waals surface area contributed by atoms with Gasteiger partial charge in [0.15, 0.2) is 6.29 Å². The molecule has 2 nitrogen and oxygen atoms in total. The Balaban J connectivity index is 1.92. The number of hydrogen-bond acceptors (Lipinski definition) is 2. The Bertz CT molecular complexity index is 258. The highest BCUT2D eigenvalue weighted by atomic mass is 16.6. The van der Waals surface area contributed by atoms with Gasteiger partial charge in [0.25, 0.3) is 0 Å². The summed E-state index contributed by atoms with van der Waals surface area (Å²) in [6.45, 7) is 0.691. The molecule has 1 aliphatic heterocycles. The highest BCUT2D eigenvalue weighted by molar-refractivity contribution is 5.15. The van der Waals surface area contributed by atoms with Gasteiger partial charge in [0.05, 0.1) is 6.61 Å². The van der Waals surface area contributed by atoms with Crippen molar-refractivity contribution in [2.45, 2.75) is 19.1 Å². The predicted octanol–water partition coefficient (Wildman–Crippen LogP) is 1.58. The van der Waals surface area contributed by atoms with Gasteiger partial charge < -0.3 is 9.84 Å². The van der Waals surface area contributed by atoms with E-state index in [0.717, 1.165) is 12.8 Å². The van der Waals surface area contributed by atoms with E-state index in [1.165, 1.54) is 5.56 Å². The van der Waals surface area contributed by atoms with Gasteiger partial charge in [-0.15, -0.1) is 0 Å². The molecule has 0 saturated carbocycles. The molecule has 0 radical (unpaired) electrons. The maximum absolute atomic E-state index is 9.16. The Morgan fingerprint density at radius 2 is 2.08 bits per heavy atom. The summed E-state index contributed by atoms with van der Waals surface area (Å²) < 4.78 is 5.09. The van der Waals surface area contributed by atoms with Crippen molar-refractivity contribution in [3.05, 3.63) is 35.9 Å². The topological polar surface area (TPSA) is 29.5 Å². The molecular formula is C11H14O2. The molecule has 1 aromatic rings. The number of benzene rings is 1. The summed E-state index contributed by atoms with van der Waals surface area (Å²) in [6, 6.07) is 10.3. The molecule has 0 aromatic heterocycles. The van der Waals surface area contributed by atoms with E-state index in [2.05, 4.69) is 12.1 Å². The molecule has 2 heteroatoms. The summed E-state index contributed by atoms with van der Waals surface area (Å²) in [5, 5.41) is 9.16. The van der Waals surface area contributed by atoms with Crippen LogP contribution in [0.2, 0.25) is 0 Å². The van der Waals surface area contributed by atoms with Gasteiger partial charge in [-0.2, -0.15) is 0 Å². The predicted molar refractivity (Wildman–Crippen MR) is 50.2 cm³/mol. The largest absolute Gasteiger partial charge is 0.368 e. The third kappa shape index (κ3) is 2.29. The van der Waals surface area contributed by atoms with Crippen molar-refractivity contribution in [2.75, 3.05) is 6.61 Å². The molecule has 1 aromatic carbocycles. The van der Waals surface area contributed by atoms with E-state index in [1.807, 2.05) is 18.2 Å². The summed E-state index contributed by atoms with van der Waals surface area (Å²) in [7, 11) is 0. The monoisotopic (exact) mass is 178 g/mol. The highest BCUT2D eigenvalue weighted by Crippen LogP contribution is 2.21. The van der Waals surface area contributed by atoms with E-state index in [1.54, 1.807) is 0 Å². The zero-order valence-electron chi connectivity index (χ0n) is 7.52. The van der Waals surface area contributed by atoms with Gasteiger partial charge in [0.2, 0.25) is 0 Å². The first-order valence-electron chi connectivity index (χ1n) is 4.68. The minimum atomic E-state index is -0.534. The fraction of sp³-hybridized carbons (Fsp3) is 0.455. The van der Waals surface area contributed by atoms with Gasteiger partial charge in [0.1, 0.15) is 0 Å². The normalized spacial score (nSPS) is 27.8. The van der Waals surface area contributed by atoms with E-state index in [4.69, 9.17) is 9.84 Å².